The molecule has 1 aliphatic carbocycles. The van der Waals surface area contributed by atoms with E-state index in [0.717, 1.165) is 17.8 Å². The molecular weight excluding hydrogens is 322 g/mol. The standard InChI is InChI=1S/C18H17N3O2S/c22-17-16-12(20-18(23)21-17)7-13(24-16)15-14-10(8-19-15)6-5-9-3-1-2-4-11(9)14/h1-4,7,10,14-15,19H,5-6,8H2,(H2,20,21,22,23). The van der Waals surface area contributed by atoms with Gasteiger partial charge in [-0.15, -0.1) is 11.3 Å². The van der Waals surface area contributed by atoms with Crippen molar-refractivity contribution in [2.45, 2.75) is 24.8 Å². The summed E-state index contributed by atoms with van der Waals surface area (Å²) < 4.78 is 0.596. The first-order chi connectivity index (χ1) is 11.7. The van der Waals surface area contributed by atoms with Crippen molar-refractivity contribution >= 4 is 21.6 Å². The maximum absolute atomic E-state index is 12.0. The molecule has 0 bridgehead atoms. The second-order valence-corrected chi connectivity index (χ2v) is 7.79. The molecule has 1 fully saturated rings. The van der Waals surface area contributed by atoms with Gasteiger partial charge in [0.25, 0.3) is 5.56 Å². The monoisotopic (exact) mass is 339 g/mol. The van der Waals surface area contributed by atoms with Crippen molar-refractivity contribution in [3.63, 3.8) is 0 Å². The van der Waals surface area contributed by atoms with Crippen LogP contribution in [0.3, 0.4) is 0 Å². The van der Waals surface area contributed by atoms with Crippen molar-refractivity contribution in [2.75, 3.05) is 6.54 Å². The summed E-state index contributed by atoms with van der Waals surface area (Å²) in [6.07, 6.45) is 2.35. The third kappa shape index (κ3) is 2.03. The molecule has 0 radical (unpaired) electrons. The zero-order valence-electron chi connectivity index (χ0n) is 13.0. The fraction of sp³-hybridized carbons (Fsp3) is 0.333. The molecule has 24 heavy (non-hydrogen) atoms. The van der Waals surface area contributed by atoms with Gasteiger partial charge in [0.2, 0.25) is 0 Å². The lowest BCUT2D eigenvalue weighted by Crippen LogP contribution is -2.20. The highest BCUT2D eigenvalue weighted by molar-refractivity contribution is 7.19. The fourth-order valence-corrected chi connectivity index (χ4v) is 5.50. The van der Waals surface area contributed by atoms with E-state index in [-0.39, 0.29) is 11.6 Å². The van der Waals surface area contributed by atoms with Crippen molar-refractivity contribution < 1.29 is 0 Å². The second kappa shape index (κ2) is 5.16. The number of thiophene rings is 1. The molecule has 2 aliphatic rings. The Morgan fingerprint density at radius 2 is 2.00 bits per heavy atom. The minimum atomic E-state index is -0.447. The van der Waals surface area contributed by atoms with E-state index in [1.54, 1.807) is 0 Å². The Balaban J connectivity index is 1.64. The summed E-state index contributed by atoms with van der Waals surface area (Å²) in [4.78, 5) is 29.7. The number of fused-ring (bicyclic) bond motifs is 4. The molecule has 1 aliphatic heterocycles. The first-order valence-corrected chi connectivity index (χ1v) is 9.09. The molecular formula is C18H17N3O2S. The zero-order chi connectivity index (χ0) is 16.3. The van der Waals surface area contributed by atoms with E-state index in [1.165, 1.54) is 28.9 Å². The molecule has 0 amide bonds. The zero-order valence-corrected chi connectivity index (χ0v) is 13.8. The number of H-pyrrole nitrogens is 2. The van der Waals surface area contributed by atoms with Gasteiger partial charge in [-0.05, 0) is 42.5 Å². The fourth-order valence-electron chi connectivity index (χ4n) is 4.36. The maximum atomic E-state index is 12.0. The summed E-state index contributed by atoms with van der Waals surface area (Å²) in [6, 6.07) is 10.9. The summed E-state index contributed by atoms with van der Waals surface area (Å²) in [7, 11) is 0. The highest BCUT2D eigenvalue weighted by Gasteiger charge is 2.41. The normalized spacial score (nSPS) is 25.6. The van der Waals surface area contributed by atoms with Gasteiger partial charge in [0, 0.05) is 16.8 Å². The van der Waals surface area contributed by atoms with E-state index >= 15 is 0 Å². The van der Waals surface area contributed by atoms with Crippen LogP contribution in [0.5, 0.6) is 0 Å². The van der Waals surface area contributed by atoms with Crippen molar-refractivity contribution in [3.05, 3.63) is 67.2 Å². The highest BCUT2D eigenvalue weighted by atomic mass is 32.1. The molecule has 122 valence electrons. The van der Waals surface area contributed by atoms with Crippen LogP contribution in [0.4, 0.5) is 0 Å². The van der Waals surface area contributed by atoms with E-state index in [1.807, 2.05) is 6.07 Å². The molecule has 3 N–H and O–H groups in total. The lowest BCUT2D eigenvalue weighted by molar-refractivity contribution is 0.423. The summed E-state index contributed by atoms with van der Waals surface area (Å²) >= 11 is 1.48. The van der Waals surface area contributed by atoms with E-state index < -0.39 is 5.69 Å². The summed E-state index contributed by atoms with van der Waals surface area (Å²) in [5.41, 5.74) is 2.77. The minimum absolute atomic E-state index is 0.205. The molecule has 3 aromatic rings. The molecule has 5 rings (SSSR count). The highest BCUT2D eigenvalue weighted by Crippen LogP contribution is 2.48. The van der Waals surface area contributed by atoms with E-state index in [0.29, 0.717) is 22.1 Å². The van der Waals surface area contributed by atoms with Gasteiger partial charge < -0.3 is 10.3 Å². The molecule has 3 atom stereocenters. The largest absolute Gasteiger partial charge is 0.326 e. The average molecular weight is 339 g/mol. The molecule has 6 heteroatoms. The molecule has 1 aromatic carbocycles. The molecule has 2 aromatic heterocycles. The number of nitrogens with one attached hydrogen (secondary N) is 3. The number of aromatic amines is 2. The van der Waals surface area contributed by atoms with Crippen LogP contribution in [0, 0.1) is 5.92 Å². The number of aromatic nitrogens is 2. The Morgan fingerprint density at radius 1 is 1.12 bits per heavy atom. The van der Waals surface area contributed by atoms with Gasteiger partial charge in [0.15, 0.2) is 0 Å². The lowest BCUT2D eigenvalue weighted by atomic mass is 9.74. The van der Waals surface area contributed by atoms with Gasteiger partial charge in [-0.1, -0.05) is 24.3 Å². The van der Waals surface area contributed by atoms with Gasteiger partial charge in [-0.3, -0.25) is 9.78 Å². The molecule has 0 saturated carbocycles. The van der Waals surface area contributed by atoms with Crippen molar-refractivity contribution in [2.24, 2.45) is 5.92 Å². The smallest absolute Gasteiger partial charge is 0.308 e. The first-order valence-electron chi connectivity index (χ1n) is 8.28. The van der Waals surface area contributed by atoms with Gasteiger partial charge in [0.05, 0.1) is 5.52 Å². The van der Waals surface area contributed by atoms with Gasteiger partial charge in [-0.2, -0.15) is 0 Å². The molecule has 3 unspecified atom stereocenters. The van der Waals surface area contributed by atoms with E-state index in [2.05, 4.69) is 39.6 Å². The SMILES string of the molecule is O=c1[nH]c(=O)c2sc(C3NCC4CCc5ccccc5C43)cc2[nH]1. The van der Waals surface area contributed by atoms with Crippen molar-refractivity contribution in [1.29, 1.82) is 0 Å². The Kier molecular flexibility index (Phi) is 3.05. The second-order valence-electron chi connectivity index (χ2n) is 6.71. The van der Waals surface area contributed by atoms with Gasteiger partial charge in [0.1, 0.15) is 4.70 Å². The van der Waals surface area contributed by atoms with Gasteiger partial charge >= 0.3 is 5.69 Å². The molecule has 5 nitrogen and oxygen atoms in total. The lowest BCUT2D eigenvalue weighted by Gasteiger charge is -2.30. The van der Waals surface area contributed by atoms with Crippen LogP contribution in [0.25, 0.3) is 10.2 Å². The number of hydrogen-bond acceptors (Lipinski definition) is 4. The minimum Gasteiger partial charge on any atom is -0.308 e. The van der Waals surface area contributed by atoms with Crippen LogP contribution < -0.4 is 16.6 Å². The average Bonchev–Trinajstić information content (AvgIpc) is 3.18. The van der Waals surface area contributed by atoms with Crippen molar-refractivity contribution in [3.8, 4) is 0 Å². The number of aryl methyl sites for hydroxylation is 1. The predicted octanol–water partition coefficient (Wildman–Crippen LogP) is 2.27. The van der Waals surface area contributed by atoms with Crippen LogP contribution in [0.15, 0.2) is 39.9 Å². The third-order valence-electron chi connectivity index (χ3n) is 5.40. The quantitative estimate of drug-likeness (QED) is 0.636. The first kappa shape index (κ1) is 14.2. The topological polar surface area (TPSA) is 77.8 Å². The van der Waals surface area contributed by atoms with E-state index in [4.69, 9.17) is 0 Å². The Bertz CT molecular complexity index is 1050. The Labute approximate surface area is 141 Å². The number of hydrogen-bond donors (Lipinski definition) is 3. The Morgan fingerprint density at radius 3 is 2.92 bits per heavy atom. The van der Waals surface area contributed by atoms with Crippen LogP contribution in [-0.4, -0.2) is 16.5 Å². The summed E-state index contributed by atoms with van der Waals surface area (Å²) in [5, 5.41) is 3.66. The third-order valence-corrected chi connectivity index (χ3v) is 6.62. The predicted molar refractivity (Wildman–Crippen MR) is 94.8 cm³/mol. The molecule has 1 saturated heterocycles. The van der Waals surface area contributed by atoms with Crippen LogP contribution in [-0.2, 0) is 6.42 Å². The summed E-state index contributed by atoms with van der Waals surface area (Å²) in [5.74, 6) is 1.07. The van der Waals surface area contributed by atoms with Gasteiger partial charge in [-0.25, -0.2) is 4.79 Å². The molecule has 0 spiro atoms. The number of rotatable bonds is 1. The van der Waals surface area contributed by atoms with E-state index in [9.17, 15) is 9.59 Å². The Hall–Kier alpha value is -2.18. The number of benzene rings is 1. The van der Waals surface area contributed by atoms with Crippen molar-refractivity contribution in [1.82, 2.24) is 15.3 Å². The molecule has 3 heterocycles. The van der Waals surface area contributed by atoms with Crippen LogP contribution >= 0.6 is 11.3 Å². The van der Waals surface area contributed by atoms with Crippen LogP contribution in [0.2, 0.25) is 0 Å². The van der Waals surface area contributed by atoms with Crippen LogP contribution in [0.1, 0.15) is 34.4 Å². The maximum Gasteiger partial charge on any atom is 0.326 e. The summed E-state index contributed by atoms with van der Waals surface area (Å²) in [6.45, 7) is 1.00.